The summed E-state index contributed by atoms with van der Waals surface area (Å²) in [5.41, 5.74) is 3.94. The van der Waals surface area contributed by atoms with Gasteiger partial charge in [-0.2, -0.15) is 0 Å². The Labute approximate surface area is 133 Å². The Bertz CT molecular complexity index is 519. The van der Waals surface area contributed by atoms with E-state index in [4.69, 9.17) is 9.47 Å². The lowest BCUT2D eigenvalue weighted by Gasteiger charge is -2.17. The van der Waals surface area contributed by atoms with Crippen LogP contribution in [0.1, 0.15) is 26.7 Å². The van der Waals surface area contributed by atoms with Crippen LogP contribution in [0, 0.1) is 5.92 Å². The van der Waals surface area contributed by atoms with Crippen LogP contribution in [-0.2, 0) is 4.74 Å². The van der Waals surface area contributed by atoms with Gasteiger partial charge in [-0.15, -0.1) is 0 Å². The second kappa shape index (κ2) is 8.16. The predicted molar refractivity (Wildman–Crippen MR) is 89.0 cm³/mol. The summed E-state index contributed by atoms with van der Waals surface area (Å²) in [6.07, 6.45) is 1.64. The zero-order chi connectivity index (χ0) is 15.9. The van der Waals surface area contributed by atoms with Gasteiger partial charge >= 0.3 is 0 Å². The van der Waals surface area contributed by atoms with Gasteiger partial charge in [0.05, 0.1) is 13.2 Å². The van der Waals surface area contributed by atoms with Crippen molar-refractivity contribution in [1.29, 1.82) is 0 Å². The molecule has 1 aromatic rings. The summed E-state index contributed by atoms with van der Waals surface area (Å²) in [5.74, 6) is 1.20. The molecule has 0 spiro atoms. The van der Waals surface area contributed by atoms with Crippen LogP contribution in [0.4, 0.5) is 0 Å². The monoisotopic (exact) mass is 302 g/mol. The first-order chi connectivity index (χ1) is 10.6. The fraction of sp³-hybridized carbons (Fsp3) is 0.474. The summed E-state index contributed by atoms with van der Waals surface area (Å²) in [6, 6.07) is 9.49. The molecule has 1 aliphatic rings. The molecule has 0 radical (unpaired) electrons. The molecule has 2 rings (SSSR count). The Kier molecular flexibility index (Phi) is 6.22. The van der Waals surface area contributed by atoms with Crippen molar-refractivity contribution >= 4 is 0 Å². The van der Waals surface area contributed by atoms with E-state index in [2.05, 4.69) is 20.4 Å². The van der Waals surface area contributed by atoms with Crippen molar-refractivity contribution in [3.63, 3.8) is 0 Å². The molecule has 0 aliphatic heterocycles. The van der Waals surface area contributed by atoms with Crippen molar-refractivity contribution < 1.29 is 14.6 Å². The third-order valence-corrected chi connectivity index (χ3v) is 4.13. The minimum Gasteiger partial charge on any atom is -0.491 e. The predicted octanol–water partition coefficient (Wildman–Crippen LogP) is 3.75. The summed E-state index contributed by atoms with van der Waals surface area (Å²) in [6.45, 7) is 9.41. The van der Waals surface area contributed by atoms with Gasteiger partial charge in [0.25, 0.3) is 0 Å². The van der Waals surface area contributed by atoms with E-state index in [1.54, 1.807) is 0 Å². The summed E-state index contributed by atoms with van der Waals surface area (Å²) >= 11 is 0. The zero-order valence-electron chi connectivity index (χ0n) is 13.5. The van der Waals surface area contributed by atoms with Crippen molar-refractivity contribution in [2.45, 2.75) is 32.8 Å². The second-order valence-electron chi connectivity index (χ2n) is 6.04. The number of aliphatic hydroxyl groups is 1. The maximum absolute atomic E-state index is 9.94. The van der Waals surface area contributed by atoms with Crippen LogP contribution < -0.4 is 4.74 Å². The molecular weight excluding hydrogens is 276 g/mol. The first kappa shape index (κ1) is 16.8. The van der Waals surface area contributed by atoms with Crippen molar-refractivity contribution in [2.75, 3.05) is 19.8 Å². The molecule has 0 saturated heterocycles. The molecule has 2 atom stereocenters. The lowest BCUT2D eigenvalue weighted by atomic mass is 9.95. The molecule has 0 saturated carbocycles. The number of benzene rings is 1. The third kappa shape index (κ3) is 4.72. The highest BCUT2D eigenvalue weighted by Gasteiger charge is 2.23. The average molecular weight is 302 g/mol. The van der Waals surface area contributed by atoms with Crippen LogP contribution in [0.5, 0.6) is 5.75 Å². The van der Waals surface area contributed by atoms with Gasteiger partial charge in [-0.05, 0) is 44.4 Å². The topological polar surface area (TPSA) is 38.7 Å². The van der Waals surface area contributed by atoms with E-state index in [0.717, 1.165) is 18.6 Å². The fourth-order valence-corrected chi connectivity index (χ4v) is 2.82. The maximum atomic E-state index is 9.94. The Balaban J connectivity index is 1.71. The van der Waals surface area contributed by atoms with Crippen LogP contribution in [-0.4, -0.2) is 31.0 Å². The normalized spacial score (nSPS) is 19.3. The highest BCUT2D eigenvalue weighted by Crippen LogP contribution is 2.35. The second-order valence-corrected chi connectivity index (χ2v) is 6.04. The molecule has 1 aromatic carbocycles. The standard InChI is InChI=1S/C19H26O3/c1-14(2)18-10-9-15(3)19(18)13-21-11-16(20)12-22-17-7-5-4-6-8-17/h4-8,16,18,20H,1,9-13H2,2-3H3. The van der Waals surface area contributed by atoms with Gasteiger partial charge in [0.1, 0.15) is 18.5 Å². The molecule has 3 nitrogen and oxygen atoms in total. The highest BCUT2D eigenvalue weighted by atomic mass is 16.5. The summed E-state index contributed by atoms with van der Waals surface area (Å²) in [5, 5.41) is 9.94. The largest absolute Gasteiger partial charge is 0.491 e. The zero-order valence-corrected chi connectivity index (χ0v) is 13.5. The Morgan fingerprint density at radius 1 is 1.32 bits per heavy atom. The van der Waals surface area contributed by atoms with Crippen molar-refractivity contribution in [1.82, 2.24) is 0 Å². The Morgan fingerprint density at radius 3 is 2.73 bits per heavy atom. The third-order valence-electron chi connectivity index (χ3n) is 4.13. The Hall–Kier alpha value is -1.58. The van der Waals surface area contributed by atoms with Gasteiger partial charge in [0.15, 0.2) is 0 Å². The number of aliphatic hydroxyl groups excluding tert-OH is 1. The number of rotatable bonds is 8. The van der Waals surface area contributed by atoms with Crippen LogP contribution in [0.25, 0.3) is 0 Å². The highest BCUT2D eigenvalue weighted by molar-refractivity contribution is 5.28. The molecule has 2 unspecified atom stereocenters. The lowest BCUT2D eigenvalue weighted by molar-refractivity contribution is 0.0183. The summed E-state index contributed by atoms with van der Waals surface area (Å²) in [4.78, 5) is 0. The van der Waals surface area contributed by atoms with Gasteiger partial charge in [-0.3, -0.25) is 0 Å². The number of ether oxygens (including phenoxy) is 2. The van der Waals surface area contributed by atoms with Crippen molar-refractivity contribution in [3.05, 3.63) is 53.6 Å². The van der Waals surface area contributed by atoms with Gasteiger partial charge in [-0.1, -0.05) is 35.9 Å². The van der Waals surface area contributed by atoms with E-state index >= 15 is 0 Å². The van der Waals surface area contributed by atoms with Crippen molar-refractivity contribution in [3.8, 4) is 5.75 Å². The molecule has 0 amide bonds. The molecule has 0 fully saturated rings. The smallest absolute Gasteiger partial charge is 0.119 e. The van der Waals surface area contributed by atoms with Gasteiger partial charge < -0.3 is 14.6 Å². The quantitative estimate of drug-likeness (QED) is 0.743. The van der Waals surface area contributed by atoms with Gasteiger partial charge in [-0.25, -0.2) is 0 Å². The molecule has 1 aliphatic carbocycles. The Morgan fingerprint density at radius 2 is 2.05 bits per heavy atom. The first-order valence-electron chi connectivity index (χ1n) is 7.85. The minimum atomic E-state index is -0.620. The van der Waals surface area contributed by atoms with E-state index < -0.39 is 6.10 Å². The van der Waals surface area contributed by atoms with Crippen LogP contribution in [0.3, 0.4) is 0 Å². The van der Waals surface area contributed by atoms with Crippen LogP contribution in [0.2, 0.25) is 0 Å². The van der Waals surface area contributed by atoms with E-state index in [9.17, 15) is 5.11 Å². The number of para-hydroxylation sites is 1. The van der Waals surface area contributed by atoms with E-state index in [1.165, 1.54) is 16.7 Å². The molecule has 0 heterocycles. The van der Waals surface area contributed by atoms with E-state index in [-0.39, 0.29) is 13.2 Å². The van der Waals surface area contributed by atoms with E-state index in [0.29, 0.717) is 12.5 Å². The van der Waals surface area contributed by atoms with Gasteiger partial charge in [0.2, 0.25) is 0 Å². The van der Waals surface area contributed by atoms with E-state index in [1.807, 2.05) is 30.3 Å². The number of hydrogen-bond donors (Lipinski definition) is 1. The lowest BCUT2D eigenvalue weighted by Crippen LogP contribution is -2.24. The van der Waals surface area contributed by atoms with Crippen LogP contribution in [0.15, 0.2) is 53.6 Å². The first-order valence-corrected chi connectivity index (χ1v) is 7.85. The van der Waals surface area contributed by atoms with Crippen molar-refractivity contribution in [2.24, 2.45) is 5.92 Å². The molecule has 1 N–H and O–H groups in total. The molecule has 120 valence electrons. The molecular formula is C19H26O3. The SMILES string of the molecule is C=C(C)C1CCC(C)=C1COCC(O)COc1ccccc1. The molecule has 0 bridgehead atoms. The molecule has 22 heavy (non-hydrogen) atoms. The average Bonchev–Trinajstić information content (AvgIpc) is 2.88. The number of allylic oxidation sites excluding steroid dienone is 2. The summed E-state index contributed by atoms with van der Waals surface area (Å²) in [7, 11) is 0. The number of hydrogen-bond acceptors (Lipinski definition) is 3. The van der Waals surface area contributed by atoms with Crippen LogP contribution >= 0.6 is 0 Å². The molecule has 3 heteroatoms. The minimum absolute atomic E-state index is 0.242. The summed E-state index contributed by atoms with van der Waals surface area (Å²) < 4.78 is 11.2. The maximum Gasteiger partial charge on any atom is 0.119 e. The fourth-order valence-electron chi connectivity index (χ4n) is 2.82. The molecule has 0 aromatic heterocycles. The van der Waals surface area contributed by atoms with Gasteiger partial charge in [0, 0.05) is 5.92 Å².